The molecule has 0 radical (unpaired) electrons. The van der Waals surface area contributed by atoms with Crippen LogP contribution in [-0.2, 0) is 0 Å². The molecule has 0 unspecified atom stereocenters. The van der Waals surface area contributed by atoms with Gasteiger partial charge in [-0.2, -0.15) is 10.4 Å². The summed E-state index contributed by atoms with van der Waals surface area (Å²) in [6, 6.07) is 9.26. The van der Waals surface area contributed by atoms with Gasteiger partial charge in [0.1, 0.15) is 5.69 Å². The van der Waals surface area contributed by atoms with Gasteiger partial charge in [0.15, 0.2) is 0 Å². The van der Waals surface area contributed by atoms with Gasteiger partial charge in [-0.25, -0.2) is 0 Å². The van der Waals surface area contributed by atoms with Crippen LogP contribution < -0.4 is 5.32 Å². The van der Waals surface area contributed by atoms with Crippen LogP contribution in [0.4, 0.5) is 22.7 Å². The quantitative estimate of drug-likeness (QED) is 0.267. The number of nitriles is 1. The number of nitro benzene ring substituents is 1. The zero-order valence-electron chi connectivity index (χ0n) is 12.5. The molecular formula is C15H10Cl3N5O2. The number of non-ortho nitro benzene ring substituents is 1. The highest BCUT2D eigenvalue weighted by Gasteiger charge is 2.14. The molecule has 1 N–H and O–H groups in total. The third-order valence-electron chi connectivity index (χ3n) is 2.98. The Hall–Kier alpha value is -2.40. The largest absolute Gasteiger partial charge is 0.383 e. The number of benzene rings is 2. The van der Waals surface area contributed by atoms with Gasteiger partial charge >= 0.3 is 0 Å². The summed E-state index contributed by atoms with van der Waals surface area (Å²) in [5.41, 5.74) is 1.01. The van der Waals surface area contributed by atoms with E-state index in [1.165, 1.54) is 0 Å². The predicted molar refractivity (Wildman–Crippen MR) is 97.5 cm³/mol. The number of nitrogens with zero attached hydrogens (tertiary/aromatic N) is 4. The maximum Gasteiger partial charge on any atom is 0.272 e. The molecule has 0 fully saturated rings. The Balaban J connectivity index is 2.21. The molecule has 2 aromatic carbocycles. The molecule has 7 nitrogen and oxygen atoms in total. The van der Waals surface area contributed by atoms with Crippen LogP contribution >= 0.6 is 34.8 Å². The summed E-state index contributed by atoms with van der Waals surface area (Å²) >= 11 is 18.1. The third kappa shape index (κ3) is 5.03. The van der Waals surface area contributed by atoms with Crippen LogP contribution in [0, 0.1) is 21.4 Å². The minimum absolute atomic E-state index is 0.0174. The van der Waals surface area contributed by atoms with Gasteiger partial charge in [0.05, 0.1) is 43.9 Å². The lowest BCUT2D eigenvalue weighted by atomic mass is 10.2. The first-order valence-electron chi connectivity index (χ1n) is 6.88. The van der Waals surface area contributed by atoms with E-state index in [4.69, 9.17) is 40.1 Å². The van der Waals surface area contributed by atoms with Gasteiger partial charge in [-0.05, 0) is 18.2 Å². The lowest BCUT2D eigenvalue weighted by molar-refractivity contribution is -0.384. The number of rotatable bonds is 6. The first-order valence-corrected chi connectivity index (χ1v) is 8.01. The second-order valence-corrected chi connectivity index (χ2v) is 5.94. The van der Waals surface area contributed by atoms with Crippen molar-refractivity contribution in [3.63, 3.8) is 0 Å². The highest BCUT2D eigenvalue weighted by molar-refractivity contribution is 6.39. The van der Waals surface area contributed by atoms with Gasteiger partial charge < -0.3 is 5.32 Å². The molecule has 0 saturated carbocycles. The molecule has 0 bridgehead atoms. The normalized spacial score (nSPS) is 10.6. The average molecular weight is 399 g/mol. The molecule has 25 heavy (non-hydrogen) atoms. The van der Waals surface area contributed by atoms with Crippen molar-refractivity contribution in [2.45, 2.75) is 6.42 Å². The van der Waals surface area contributed by atoms with Crippen molar-refractivity contribution in [1.29, 1.82) is 5.26 Å². The van der Waals surface area contributed by atoms with Crippen LogP contribution in [0.1, 0.15) is 6.42 Å². The molecule has 0 aliphatic rings. The Morgan fingerprint density at radius 2 is 1.80 bits per heavy atom. The highest BCUT2D eigenvalue weighted by Crippen LogP contribution is 2.38. The summed E-state index contributed by atoms with van der Waals surface area (Å²) in [6.07, 6.45) is 0.356. The number of nitrogens with one attached hydrogen (secondary N) is 1. The number of nitro groups is 1. The Morgan fingerprint density at radius 1 is 1.12 bits per heavy atom. The minimum atomic E-state index is -0.601. The molecule has 0 spiro atoms. The molecular weight excluding hydrogens is 389 g/mol. The van der Waals surface area contributed by atoms with Crippen molar-refractivity contribution in [1.82, 2.24) is 0 Å². The van der Waals surface area contributed by atoms with E-state index in [1.54, 1.807) is 18.2 Å². The summed E-state index contributed by atoms with van der Waals surface area (Å²) in [6.45, 7) is 0.477. The molecule has 0 atom stereocenters. The van der Waals surface area contributed by atoms with Gasteiger partial charge in [0, 0.05) is 18.7 Å². The predicted octanol–water partition coefficient (Wildman–Crippen LogP) is 6.30. The van der Waals surface area contributed by atoms with E-state index in [9.17, 15) is 10.1 Å². The smallest absolute Gasteiger partial charge is 0.272 e. The maximum absolute atomic E-state index is 10.8. The van der Waals surface area contributed by atoms with Crippen LogP contribution in [-0.4, -0.2) is 11.5 Å². The number of hydrogen-bond acceptors (Lipinski definition) is 6. The second kappa shape index (κ2) is 8.62. The Labute approximate surface area is 158 Å². The molecule has 10 heteroatoms. The molecule has 128 valence electrons. The van der Waals surface area contributed by atoms with Crippen molar-refractivity contribution in [3.05, 3.63) is 55.5 Å². The summed E-state index contributed by atoms with van der Waals surface area (Å²) in [7, 11) is 0. The molecule has 2 rings (SSSR count). The van der Waals surface area contributed by atoms with Crippen molar-refractivity contribution in [2.24, 2.45) is 10.2 Å². The number of azo groups is 1. The fourth-order valence-electron chi connectivity index (χ4n) is 1.82. The Morgan fingerprint density at radius 3 is 2.36 bits per heavy atom. The molecule has 0 heterocycles. The average Bonchev–Trinajstić information content (AvgIpc) is 2.56. The van der Waals surface area contributed by atoms with Crippen LogP contribution in [0.15, 0.2) is 40.6 Å². The van der Waals surface area contributed by atoms with E-state index in [-0.39, 0.29) is 21.4 Å². The summed E-state index contributed by atoms with van der Waals surface area (Å²) in [5.74, 6) is 0. The van der Waals surface area contributed by atoms with Crippen molar-refractivity contribution in [2.75, 3.05) is 11.9 Å². The third-order valence-corrected chi connectivity index (χ3v) is 3.87. The number of anilines is 1. The zero-order valence-corrected chi connectivity index (χ0v) is 14.8. The summed E-state index contributed by atoms with van der Waals surface area (Å²) in [5, 5.41) is 30.7. The fraction of sp³-hybridized carbons (Fsp3) is 0.133. The van der Waals surface area contributed by atoms with Crippen LogP contribution in [0.5, 0.6) is 0 Å². The molecule has 0 amide bonds. The zero-order chi connectivity index (χ0) is 18.4. The minimum Gasteiger partial charge on any atom is -0.383 e. The van der Waals surface area contributed by atoms with E-state index in [2.05, 4.69) is 15.5 Å². The number of hydrogen-bond donors (Lipinski definition) is 1. The Bertz CT molecular complexity index is 857. The van der Waals surface area contributed by atoms with Crippen LogP contribution in [0.3, 0.4) is 0 Å². The fourth-order valence-corrected chi connectivity index (χ4v) is 2.62. The number of halogens is 3. The topological polar surface area (TPSA) is 104 Å². The lowest BCUT2D eigenvalue weighted by Gasteiger charge is -2.06. The van der Waals surface area contributed by atoms with Crippen molar-refractivity contribution < 1.29 is 4.92 Å². The molecule has 0 aliphatic heterocycles. The van der Waals surface area contributed by atoms with Gasteiger partial charge in [-0.1, -0.05) is 34.8 Å². The molecule has 2 aromatic rings. The van der Waals surface area contributed by atoms with Gasteiger partial charge in [-0.15, -0.1) is 5.11 Å². The van der Waals surface area contributed by atoms with E-state index in [0.29, 0.717) is 29.4 Å². The first kappa shape index (κ1) is 18.9. The van der Waals surface area contributed by atoms with E-state index in [0.717, 1.165) is 12.1 Å². The SMILES string of the molecule is N#CCCNc1ccc(N=Nc2c(Cl)cc([N+](=O)[O-])cc2Cl)cc1Cl. The van der Waals surface area contributed by atoms with Gasteiger partial charge in [0.25, 0.3) is 5.69 Å². The Kier molecular flexibility index (Phi) is 6.53. The molecule has 0 aliphatic carbocycles. The lowest BCUT2D eigenvalue weighted by Crippen LogP contribution is -2.00. The van der Waals surface area contributed by atoms with E-state index in [1.807, 2.05) is 6.07 Å². The van der Waals surface area contributed by atoms with Crippen LogP contribution in [0.2, 0.25) is 15.1 Å². The standard InChI is InChI=1S/C15H10Cl3N5O2/c16-11-6-9(2-3-14(11)20-5-1-4-19)21-22-15-12(17)7-10(23(24)25)8-13(15)18/h2-3,6-8,20H,1,5H2. The summed E-state index contributed by atoms with van der Waals surface area (Å²) in [4.78, 5) is 10.2. The highest BCUT2D eigenvalue weighted by atomic mass is 35.5. The monoisotopic (exact) mass is 397 g/mol. The van der Waals surface area contributed by atoms with Crippen molar-refractivity contribution in [3.8, 4) is 6.07 Å². The van der Waals surface area contributed by atoms with Crippen LogP contribution in [0.25, 0.3) is 0 Å². The maximum atomic E-state index is 10.8. The first-order chi connectivity index (χ1) is 11.9. The van der Waals surface area contributed by atoms with E-state index < -0.39 is 4.92 Å². The second-order valence-electron chi connectivity index (χ2n) is 4.71. The molecule has 0 saturated heterocycles. The summed E-state index contributed by atoms with van der Waals surface area (Å²) < 4.78 is 0. The van der Waals surface area contributed by atoms with Gasteiger partial charge in [0.2, 0.25) is 0 Å². The molecule has 0 aromatic heterocycles. The van der Waals surface area contributed by atoms with Crippen molar-refractivity contribution >= 4 is 57.6 Å². The van der Waals surface area contributed by atoms with Gasteiger partial charge in [-0.3, -0.25) is 10.1 Å². The van der Waals surface area contributed by atoms with E-state index >= 15 is 0 Å².